The number of benzene rings is 2. The molecule has 0 aliphatic heterocycles. The number of anilines is 1. The minimum atomic E-state index is -6.38. The van der Waals surface area contributed by atoms with Crippen LogP contribution in [0, 0.1) is 0 Å². The van der Waals surface area contributed by atoms with Gasteiger partial charge in [-0.05, 0) is 28.3 Å². The Hall–Kier alpha value is -2.29. The van der Waals surface area contributed by atoms with Crippen LogP contribution >= 0.6 is 0 Å². The number of halogens is 7. The number of hydrazine groups is 1. The smallest absolute Gasteiger partial charge is 0.304 e. The Morgan fingerprint density at radius 1 is 0.846 bits per heavy atom. The average Bonchev–Trinajstić information content (AvgIpc) is 2.91. The zero-order valence-electron chi connectivity index (χ0n) is 13.1. The van der Waals surface area contributed by atoms with Crippen molar-refractivity contribution in [1.82, 2.24) is 0 Å². The normalized spacial score (nSPS) is 14.2. The second-order valence-corrected chi connectivity index (χ2v) is 6.04. The van der Waals surface area contributed by atoms with Crippen LogP contribution in [-0.4, -0.2) is 24.6 Å². The summed E-state index contributed by atoms with van der Waals surface area (Å²) in [5, 5.41) is 0.254. The van der Waals surface area contributed by atoms with Crippen molar-refractivity contribution in [3.63, 3.8) is 0 Å². The Balaban J connectivity index is 1.92. The fourth-order valence-electron chi connectivity index (χ4n) is 3.02. The van der Waals surface area contributed by atoms with E-state index in [1.165, 1.54) is 12.1 Å². The standard InChI is InChI=1S/C17H13F7N2/c18-15(19,16(20,21)17(22,23)24)9-26(25)14-7-3-6-12-11-5-2-1-4-10(11)8-13(12)14/h1-7H,8-9,25H2. The van der Waals surface area contributed by atoms with E-state index >= 15 is 0 Å². The Kier molecular flexibility index (Phi) is 4.18. The van der Waals surface area contributed by atoms with Gasteiger partial charge in [0, 0.05) is 6.42 Å². The summed E-state index contributed by atoms with van der Waals surface area (Å²) in [4.78, 5) is 0. The molecule has 0 spiro atoms. The van der Waals surface area contributed by atoms with Crippen molar-refractivity contribution >= 4 is 5.69 Å². The van der Waals surface area contributed by atoms with Crippen molar-refractivity contribution in [1.29, 1.82) is 0 Å². The SMILES string of the molecule is NN(CC(F)(F)C(F)(F)C(F)(F)F)c1cccc2c1Cc1ccccc1-2. The molecule has 0 aromatic heterocycles. The number of nitrogens with two attached hydrogens (primary N) is 1. The number of rotatable bonds is 4. The number of hydrogen-bond acceptors (Lipinski definition) is 2. The number of fused-ring (bicyclic) bond motifs is 3. The molecule has 2 N–H and O–H groups in total. The second kappa shape index (κ2) is 5.87. The Morgan fingerprint density at radius 2 is 1.46 bits per heavy atom. The first kappa shape index (κ1) is 18.5. The highest BCUT2D eigenvalue weighted by Crippen LogP contribution is 2.47. The van der Waals surface area contributed by atoms with Gasteiger partial charge in [0.2, 0.25) is 0 Å². The summed E-state index contributed by atoms with van der Waals surface area (Å²) in [5.41, 5.74) is 2.89. The Labute approximate surface area is 144 Å². The molecule has 2 nitrogen and oxygen atoms in total. The highest BCUT2D eigenvalue weighted by atomic mass is 19.4. The van der Waals surface area contributed by atoms with Gasteiger partial charge in [-0.1, -0.05) is 36.4 Å². The van der Waals surface area contributed by atoms with E-state index in [1.54, 1.807) is 24.3 Å². The van der Waals surface area contributed by atoms with Gasteiger partial charge in [0.15, 0.2) is 0 Å². The van der Waals surface area contributed by atoms with E-state index in [-0.39, 0.29) is 10.7 Å². The van der Waals surface area contributed by atoms with Gasteiger partial charge in [-0.3, -0.25) is 0 Å². The van der Waals surface area contributed by atoms with E-state index in [0.717, 1.165) is 11.1 Å². The fourth-order valence-corrected chi connectivity index (χ4v) is 3.02. The number of hydrogen-bond donors (Lipinski definition) is 1. The molecule has 0 saturated heterocycles. The molecule has 0 heterocycles. The molecule has 2 aromatic carbocycles. The maximum absolute atomic E-state index is 13.7. The zero-order valence-corrected chi connectivity index (χ0v) is 13.1. The molecule has 9 heteroatoms. The van der Waals surface area contributed by atoms with E-state index in [4.69, 9.17) is 5.84 Å². The van der Waals surface area contributed by atoms with E-state index in [0.29, 0.717) is 17.5 Å². The molecular formula is C17H13F7N2. The summed E-state index contributed by atoms with van der Waals surface area (Å²) in [7, 11) is 0. The highest BCUT2D eigenvalue weighted by molar-refractivity contribution is 5.82. The lowest BCUT2D eigenvalue weighted by Crippen LogP contribution is -2.58. The quantitative estimate of drug-likeness (QED) is 0.403. The monoisotopic (exact) mass is 378 g/mol. The predicted octanol–water partition coefficient (Wildman–Crippen LogP) is 4.77. The van der Waals surface area contributed by atoms with Gasteiger partial charge in [0.25, 0.3) is 0 Å². The summed E-state index contributed by atoms with van der Waals surface area (Å²) in [6.45, 7) is -1.98. The van der Waals surface area contributed by atoms with Gasteiger partial charge in [0.05, 0.1) is 5.69 Å². The topological polar surface area (TPSA) is 29.3 Å². The third kappa shape index (κ3) is 2.80. The van der Waals surface area contributed by atoms with Crippen molar-refractivity contribution in [2.75, 3.05) is 11.6 Å². The lowest BCUT2D eigenvalue weighted by Gasteiger charge is -2.32. The lowest BCUT2D eigenvalue weighted by molar-refractivity contribution is -0.351. The molecule has 140 valence electrons. The van der Waals surface area contributed by atoms with E-state index in [1.807, 2.05) is 6.07 Å². The van der Waals surface area contributed by atoms with E-state index < -0.39 is 24.6 Å². The van der Waals surface area contributed by atoms with Crippen LogP contribution in [0.3, 0.4) is 0 Å². The number of nitrogens with zero attached hydrogens (tertiary/aromatic N) is 1. The molecule has 0 unspecified atom stereocenters. The Bertz CT molecular complexity index is 830. The predicted molar refractivity (Wildman–Crippen MR) is 82.2 cm³/mol. The van der Waals surface area contributed by atoms with Gasteiger partial charge < -0.3 is 5.01 Å². The van der Waals surface area contributed by atoms with Crippen LogP contribution in [0.5, 0.6) is 0 Å². The molecule has 2 aromatic rings. The van der Waals surface area contributed by atoms with Crippen molar-refractivity contribution in [2.24, 2.45) is 5.84 Å². The van der Waals surface area contributed by atoms with Gasteiger partial charge in [0.1, 0.15) is 6.54 Å². The van der Waals surface area contributed by atoms with Crippen molar-refractivity contribution in [3.05, 3.63) is 53.6 Å². The summed E-state index contributed by atoms with van der Waals surface area (Å²) >= 11 is 0. The maximum atomic E-state index is 13.7. The molecule has 1 aliphatic carbocycles. The average molecular weight is 378 g/mol. The van der Waals surface area contributed by atoms with E-state index in [9.17, 15) is 30.7 Å². The molecule has 0 atom stereocenters. The molecule has 0 bridgehead atoms. The third-order valence-corrected chi connectivity index (χ3v) is 4.32. The summed E-state index contributed by atoms with van der Waals surface area (Å²) in [6, 6.07) is 11.7. The highest BCUT2D eigenvalue weighted by Gasteiger charge is 2.73. The summed E-state index contributed by atoms with van der Waals surface area (Å²) in [5.74, 6) is -6.11. The second-order valence-electron chi connectivity index (χ2n) is 6.04. The van der Waals surface area contributed by atoms with Crippen LogP contribution in [-0.2, 0) is 6.42 Å². The molecule has 0 saturated carbocycles. The van der Waals surface area contributed by atoms with Crippen molar-refractivity contribution in [2.45, 2.75) is 24.4 Å². The molecule has 0 fully saturated rings. The summed E-state index contributed by atoms with van der Waals surface area (Å²) < 4.78 is 90.4. The first-order valence-corrected chi connectivity index (χ1v) is 7.50. The minimum absolute atomic E-state index is 0.0173. The molecule has 1 aliphatic rings. The van der Waals surface area contributed by atoms with Crippen molar-refractivity contribution in [3.8, 4) is 11.1 Å². The van der Waals surface area contributed by atoms with Gasteiger partial charge in [-0.25, -0.2) is 5.84 Å². The van der Waals surface area contributed by atoms with Crippen LogP contribution in [0.4, 0.5) is 36.4 Å². The van der Waals surface area contributed by atoms with Crippen LogP contribution in [0.25, 0.3) is 11.1 Å². The first-order valence-electron chi connectivity index (χ1n) is 7.50. The van der Waals surface area contributed by atoms with Gasteiger partial charge in [-0.2, -0.15) is 30.7 Å². The molecule has 0 radical (unpaired) electrons. The molecule has 0 amide bonds. The molecular weight excluding hydrogens is 365 g/mol. The third-order valence-electron chi connectivity index (χ3n) is 4.32. The van der Waals surface area contributed by atoms with Crippen LogP contribution in [0.2, 0.25) is 0 Å². The first-order chi connectivity index (χ1) is 12.0. The lowest BCUT2D eigenvalue weighted by atomic mass is 10.0. The Morgan fingerprint density at radius 3 is 2.12 bits per heavy atom. The van der Waals surface area contributed by atoms with Crippen LogP contribution < -0.4 is 10.9 Å². The fraction of sp³-hybridized carbons (Fsp3) is 0.294. The molecule has 26 heavy (non-hydrogen) atoms. The number of alkyl halides is 7. The largest absolute Gasteiger partial charge is 0.459 e. The van der Waals surface area contributed by atoms with E-state index in [2.05, 4.69) is 0 Å². The van der Waals surface area contributed by atoms with Gasteiger partial charge in [-0.15, -0.1) is 0 Å². The summed E-state index contributed by atoms with van der Waals surface area (Å²) in [6.07, 6.45) is -6.07. The maximum Gasteiger partial charge on any atom is 0.459 e. The van der Waals surface area contributed by atoms with Crippen LogP contribution in [0.15, 0.2) is 42.5 Å². The zero-order chi connectivity index (χ0) is 19.3. The van der Waals surface area contributed by atoms with Gasteiger partial charge >= 0.3 is 18.0 Å². The van der Waals surface area contributed by atoms with Crippen LogP contribution in [0.1, 0.15) is 11.1 Å². The molecule has 3 rings (SSSR count). The van der Waals surface area contributed by atoms with Crippen molar-refractivity contribution < 1.29 is 30.7 Å². The minimum Gasteiger partial charge on any atom is -0.304 e.